The van der Waals surface area contributed by atoms with E-state index in [0.29, 0.717) is 17.0 Å². The number of hydrogen-bond acceptors (Lipinski definition) is 5. The molecule has 0 unspecified atom stereocenters. The van der Waals surface area contributed by atoms with Gasteiger partial charge in [-0.15, -0.1) is 0 Å². The van der Waals surface area contributed by atoms with Gasteiger partial charge in [0.2, 0.25) is 0 Å². The Kier molecular flexibility index (Phi) is 5.35. The Morgan fingerprint density at radius 1 is 0.800 bits per heavy atom. The molecular formula is C24H28N4O2. The van der Waals surface area contributed by atoms with Gasteiger partial charge in [-0.3, -0.25) is 9.59 Å². The fourth-order valence-electron chi connectivity index (χ4n) is 3.96. The molecule has 2 aromatic carbocycles. The number of rotatable bonds is 4. The van der Waals surface area contributed by atoms with E-state index in [0.717, 1.165) is 43.0 Å². The molecule has 0 bridgehead atoms. The minimum Gasteiger partial charge on any atom is -0.378 e. The van der Waals surface area contributed by atoms with E-state index in [1.54, 1.807) is 0 Å². The number of nitrogens with zero attached hydrogens (tertiary/aromatic N) is 4. The standard InChI is InChI=1S/C24H28N4O2/c1-17-5-7-18(8-6-17)21-22(27-15-13-26(4)14-16-27)24(30)28(23(21)29)20-11-9-19(10-12-20)25(2)3/h5-12H,13-16H2,1-4H3. The van der Waals surface area contributed by atoms with E-state index < -0.39 is 0 Å². The van der Waals surface area contributed by atoms with Gasteiger partial charge >= 0.3 is 0 Å². The summed E-state index contributed by atoms with van der Waals surface area (Å²) in [5.74, 6) is -0.492. The van der Waals surface area contributed by atoms with Crippen molar-refractivity contribution < 1.29 is 9.59 Å². The van der Waals surface area contributed by atoms with Gasteiger partial charge in [-0.05, 0) is 43.8 Å². The Morgan fingerprint density at radius 2 is 1.40 bits per heavy atom. The molecular weight excluding hydrogens is 376 g/mol. The molecule has 6 nitrogen and oxygen atoms in total. The maximum Gasteiger partial charge on any atom is 0.282 e. The highest BCUT2D eigenvalue weighted by atomic mass is 16.2. The van der Waals surface area contributed by atoms with E-state index in [1.165, 1.54) is 4.90 Å². The van der Waals surface area contributed by atoms with E-state index in [1.807, 2.05) is 74.4 Å². The van der Waals surface area contributed by atoms with Crippen LogP contribution in [-0.4, -0.2) is 68.9 Å². The Labute approximate surface area is 178 Å². The first-order valence-corrected chi connectivity index (χ1v) is 10.3. The van der Waals surface area contributed by atoms with Gasteiger partial charge < -0.3 is 14.7 Å². The number of benzene rings is 2. The summed E-state index contributed by atoms with van der Waals surface area (Å²) in [4.78, 5) is 34.7. The van der Waals surface area contributed by atoms with E-state index in [2.05, 4.69) is 16.8 Å². The summed E-state index contributed by atoms with van der Waals surface area (Å²) in [6, 6.07) is 15.4. The van der Waals surface area contributed by atoms with Gasteiger partial charge in [0.1, 0.15) is 5.70 Å². The van der Waals surface area contributed by atoms with E-state index in [-0.39, 0.29) is 11.8 Å². The van der Waals surface area contributed by atoms with E-state index in [4.69, 9.17) is 0 Å². The molecule has 2 aliphatic rings. The quantitative estimate of drug-likeness (QED) is 0.733. The SMILES string of the molecule is Cc1ccc(C2=C(N3CCN(C)CC3)C(=O)N(c3ccc(N(C)C)cc3)C2=O)cc1. The topological polar surface area (TPSA) is 47.1 Å². The first-order chi connectivity index (χ1) is 14.4. The third-order valence-corrected chi connectivity index (χ3v) is 5.84. The molecule has 0 saturated carbocycles. The fourth-order valence-corrected chi connectivity index (χ4v) is 3.96. The lowest BCUT2D eigenvalue weighted by molar-refractivity contribution is -0.120. The summed E-state index contributed by atoms with van der Waals surface area (Å²) in [6.07, 6.45) is 0. The van der Waals surface area contributed by atoms with Crippen molar-refractivity contribution in [2.45, 2.75) is 6.92 Å². The first kappa shape index (κ1) is 20.2. The molecule has 0 aliphatic carbocycles. The number of amides is 2. The van der Waals surface area contributed by atoms with Gasteiger partial charge in [0.05, 0.1) is 11.3 Å². The largest absolute Gasteiger partial charge is 0.378 e. The molecule has 30 heavy (non-hydrogen) atoms. The maximum absolute atomic E-state index is 13.5. The van der Waals surface area contributed by atoms with Crippen LogP contribution in [-0.2, 0) is 9.59 Å². The second-order valence-corrected chi connectivity index (χ2v) is 8.24. The third-order valence-electron chi connectivity index (χ3n) is 5.84. The highest BCUT2D eigenvalue weighted by Crippen LogP contribution is 2.35. The molecule has 6 heteroatoms. The monoisotopic (exact) mass is 404 g/mol. The second-order valence-electron chi connectivity index (χ2n) is 8.24. The Morgan fingerprint density at radius 3 is 1.97 bits per heavy atom. The zero-order chi connectivity index (χ0) is 21.4. The van der Waals surface area contributed by atoms with Gasteiger partial charge in [-0.1, -0.05) is 29.8 Å². The summed E-state index contributed by atoms with van der Waals surface area (Å²) in [5, 5.41) is 0. The summed E-state index contributed by atoms with van der Waals surface area (Å²) in [5.41, 5.74) is 4.55. The van der Waals surface area contributed by atoms with Crippen molar-refractivity contribution in [3.8, 4) is 0 Å². The zero-order valence-electron chi connectivity index (χ0n) is 18.1. The highest BCUT2D eigenvalue weighted by molar-refractivity contribution is 6.45. The first-order valence-electron chi connectivity index (χ1n) is 10.3. The van der Waals surface area contributed by atoms with Crippen LogP contribution in [0.15, 0.2) is 54.2 Å². The molecule has 2 amide bonds. The second kappa shape index (κ2) is 7.95. The smallest absolute Gasteiger partial charge is 0.282 e. The van der Waals surface area contributed by atoms with Gasteiger partial charge in [0.25, 0.3) is 11.8 Å². The minimum atomic E-state index is -0.254. The van der Waals surface area contributed by atoms with Gasteiger partial charge in [-0.25, -0.2) is 4.90 Å². The third kappa shape index (κ3) is 3.59. The summed E-state index contributed by atoms with van der Waals surface area (Å²) in [6.45, 7) is 5.20. The fraction of sp³-hybridized carbons (Fsp3) is 0.333. The summed E-state index contributed by atoms with van der Waals surface area (Å²) < 4.78 is 0. The van der Waals surface area contributed by atoms with Crippen molar-refractivity contribution in [3.63, 3.8) is 0 Å². The summed E-state index contributed by atoms with van der Waals surface area (Å²) >= 11 is 0. The predicted octanol–water partition coefficient (Wildman–Crippen LogP) is 2.59. The van der Waals surface area contributed by atoms with Crippen LogP contribution in [0.2, 0.25) is 0 Å². The number of anilines is 2. The lowest BCUT2D eigenvalue weighted by atomic mass is 10.0. The van der Waals surface area contributed by atoms with Crippen LogP contribution in [0, 0.1) is 6.92 Å². The Hall–Kier alpha value is -3.12. The lowest BCUT2D eigenvalue weighted by Gasteiger charge is -2.34. The molecule has 2 aromatic rings. The van der Waals surface area contributed by atoms with Gasteiger partial charge in [-0.2, -0.15) is 0 Å². The number of carbonyl (C=O) groups is 2. The summed E-state index contributed by atoms with van der Waals surface area (Å²) in [7, 11) is 6.00. The maximum atomic E-state index is 13.5. The zero-order valence-corrected chi connectivity index (χ0v) is 18.1. The van der Waals surface area contributed by atoms with Crippen LogP contribution in [0.25, 0.3) is 5.57 Å². The van der Waals surface area contributed by atoms with Crippen LogP contribution < -0.4 is 9.80 Å². The number of hydrogen-bond donors (Lipinski definition) is 0. The average Bonchev–Trinajstić information content (AvgIpc) is 2.99. The molecule has 2 heterocycles. The van der Waals surface area contributed by atoms with Crippen molar-refractivity contribution in [2.24, 2.45) is 0 Å². The van der Waals surface area contributed by atoms with Crippen LogP contribution in [0.3, 0.4) is 0 Å². The number of likely N-dealkylation sites (N-methyl/N-ethyl adjacent to an activating group) is 1. The van der Waals surface area contributed by atoms with Crippen molar-refractivity contribution in [2.75, 3.05) is 57.1 Å². The van der Waals surface area contributed by atoms with Crippen LogP contribution in [0.4, 0.5) is 11.4 Å². The molecule has 156 valence electrons. The Balaban J connectivity index is 1.76. The van der Waals surface area contributed by atoms with E-state index in [9.17, 15) is 9.59 Å². The van der Waals surface area contributed by atoms with Crippen molar-refractivity contribution in [1.82, 2.24) is 9.80 Å². The highest BCUT2D eigenvalue weighted by Gasteiger charge is 2.42. The molecule has 4 rings (SSSR count). The van der Waals surface area contributed by atoms with Crippen LogP contribution in [0.1, 0.15) is 11.1 Å². The van der Waals surface area contributed by atoms with Crippen molar-refractivity contribution in [1.29, 1.82) is 0 Å². The van der Waals surface area contributed by atoms with Crippen molar-refractivity contribution >= 4 is 28.8 Å². The molecule has 1 fully saturated rings. The minimum absolute atomic E-state index is 0.238. The molecule has 2 aliphatic heterocycles. The van der Waals surface area contributed by atoms with Crippen molar-refractivity contribution in [3.05, 3.63) is 65.4 Å². The average molecular weight is 405 g/mol. The molecule has 0 atom stereocenters. The van der Waals surface area contributed by atoms with Gasteiger partial charge in [0.15, 0.2) is 0 Å². The van der Waals surface area contributed by atoms with E-state index >= 15 is 0 Å². The molecule has 0 radical (unpaired) electrons. The van der Waals surface area contributed by atoms with Gasteiger partial charge in [0, 0.05) is 46.0 Å². The number of piperazine rings is 1. The normalized spacial score (nSPS) is 17.9. The molecule has 0 spiro atoms. The van der Waals surface area contributed by atoms with Crippen LogP contribution >= 0.6 is 0 Å². The van der Waals surface area contributed by atoms with Crippen LogP contribution in [0.5, 0.6) is 0 Å². The predicted molar refractivity (Wildman–Crippen MR) is 120 cm³/mol. The Bertz CT molecular complexity index is 985. The molecule has 0 N–H and O–H groups in total. The molecule has 0 aromatic heterocycles. The lowest BCUT2D eigenvalue weighted by Crippen LogP contribution is -2.46. The number of aryl methyl sites for hydroxylation is 1. The number of imide groups is 1. The number of carbonyl (C=O) groups excluding carboxylic acids is 2. The molecule has 1 saturated heterocycles.